The molecule has 0 N–H and O–H groups in total. The Balaban J connectivity index is 1.56. The van der Waals surface area contributed by atoms with Crippen LogP contribution in [-0.2, 0) is 0 Å². The number of hydrogen-bond donors (Lipinski definition) is 0. The predicted molar refractivity (Wildman–Crippen MR) is 164 cm³/mol. The Morgan fingerprint density at radius 2 is 1.17 bits per heavy atom. The zero-order valence-electron chi connectivity index (χ0n) is 22.0. The third kappa shape index (κ3) is 4.03. The Bertz CT molecular complexity index is 2160. The van der Waals surface area contributed by atoms with Crippen molar-refractivity contribution in [2.45, 2.75) is 0 Å². The minimum atomic E-state index is 0.594. The van der Waals surface area contributed by atoms with E-state index in [0.29, 0.717) is 11.1 Å². The highest BCUT2D eigenvalue weighted by Crippen LogP contribution is 2.40. The Hall–Kier alpha value is -5.97. The van der Waals surface area contributed by atoms with Crippen molar-refractivity contribution in [1.82, 2.24) is 9.55 Å². The molecule has 41 heavy (non-hydrogen) atoms. The van der Waals surface area contributed by atoms with Gasteiger partial charge in [-0.2, -0.15) is 10.5 Å². The maximum atomic E-state index is 10.3. The summed E-state index contributed by atoms with van der Waals surface area (Å²) in [6, 6.07) is 45.5. The number of rotatable bonds is 4. The molecule has 0 radical (unpaired) electrons. The molecule has 0 unspecified atom stereocenters. The first-order valence-corrected chi connectivity index (χ1v) is 13.3. The van der Waals surface area contributed by atoms with E-state index in [1.54, 1.807) is 12.4 Å². The van der Waals surface area contributed by atoms with Crippen molar-refractivity contribution >= 4 is 21.8 Å². The van der Waals surface area contributed by atoms with Crippen LogP contribution in [0.4, 0.5) is 0 Å². The van der Waals surface area contributed by atoms with Crippen LogP contribution in [0, 0.1) is 22.7 Å². The van der Waals surface area contributed by atoms with Crippen molar-refractivity contribution in [2.75, 3.05) is 0 Å². The van der Waals surface area contributed by atoms with Crippen molar-refractivity contribution in [1.29, 1.82) is 10.5 Å². The summed E-state index contributed by atoms with van der Waals surface area (Å²) in [7, 11) is 0. The summed E-state index contributed by atoms with van der Waals surface area (Å²) in [6.45, 7) is 0. The average molecular weight is 523 g/mol. The summed E-state index contributed by atoms with van der Waals surface area (Å²) in [5, 5.41) is 22.2. The molecule has 2 heterocycles. The minimum absolute atomic E-state index is 0.594. The van der Waals surface area contributed by atoms with E-state index in [-0.39, 0.29) is 0 Å². The third-order valence-corrected chi connectivity index (χ3v) is 7.60. The van der Waals surface area contributed by atoms with Gasteiger partial charge >= 0.3 is 0 Å². The van der Waals surface area contributed by atoms with Gasteiger partial charge in [0.25, 0.3) is 0 Å². The first kappa shape index (κ1) is 24.1. The van der Waals surface area contributed by atoms with Crippen LogP contribution in [0.5, 0.6) is 0 Å². The second-order valence-corrected chi connectivity index (χ2v) is 9.87. The Kier molecular flexibility index (Phi) is 5.86. The van der Waals surface area contributed by atoms with Gasteiger partial charge in [0.1, 0.15) is 0 Å². The number of para-hydroxylation sites is 1. The van der Waals surface area contributed by atoms with Gasteiger partial charge in [-0.15, -0.1) is 0 Å². The van der Waals surface area contributed by atoms with Crippen molar-refractivity contribution in [2.24, 2.45) is 0 Å². The average Bonchev–Trinajstić information content (AvgIpc) is 3.38. The number of fused-ring (bicyclic) bond motifs is 3. The molecule has 0 saturated heterocycles. The van der Waals surface area contributed by atoms with Gasteiger partial charge in [-0.05, 0) is 70.8 Å². The fraction of sp³-hybridized carbons (Fsp3) is 0. The normalized spacial score (nSPS) is 10.9. The van der Waals surface area contributed by atoms with E-state index in [9.17, 15) is 10.5 Å². The molecule has 0 atom stereocenters. The highest BCUT2D eigenvalue weighted by atomic mass is 15.0. The summed E-state index contributed by atoms with van der Waals surface area (Å²) < 4.78 is 2.25. The van der Waals surface area contributed by atoms with Gasteiger partial charge in [-0.3, -0.25) is 4.98 Å². The lowest BCUT2D eigenvalue weighted by Gasteiger charge is -2.17. The molecular formula is C37H22N4. The molecule has 4 heteroatoms. The van der Waals surface area contributed by atoms with Gasteiger partial charge in [0, 0.05) is 34.3 Å². The highest BCUT2D eigenvalue weighted by Gasteiger charge is 2.19. The Labute approximate surface area is 237 Å². The number of nitrogens with zero attached hydrogens (tertiary/aromatic N) is 4. The quantitative estimate of drug-likeness (QED) is 0.232. The largest absolute Gasteiger partial charge is 0.309 e. The van der Waals surface area contributed by atoms with Gasteiger partial charge in [0.05, 0.1) is 40.0 Å². The standard InChI is InChI=1S/C37H22N4/c38-23-28-10-4-5-11-30(28)27-14-15-36-34(20-27)31-12-6-7-13-35(31)41(36)37-21-29(24-39)32(26-16-18-40-19-17-26)22-33(37)25-8-2-1-3-9-25/h1-22H. The first-order chi connectivity index (χ1) is 20.3. The van der Waals surface area contributed by atoms with E-state index in [2.05, 4.69) is 70.2 Å². The van der Waals surface area contributed by atoms with E-state index in [4.69, 9.17) is 0 Å². The highest BCUT2D eigenvalue weighted by molar-refractivity contribution is 6.11. The molecule has 7 aromatic rings. The molecule has 0 aliphatic rings. The lowest BCUT2D eigenvalue weighted by Crippen LogP contribution is -2.00. The van der Waals surface area contributed by atoms with Crippen molar-refractivity contribution in [3.8, 4) is 51.2 Å². The van der Waals surface area contributed by atoms with E-state index in [1.165, 1.54) is 0 Å². The van der Waals surface area contributed by atoms with Crippen LogP contribution in [0.1, 0.15) is 11.1 Å². The molecule has 190 valence electrons. The topological polar surface area (TPSA) is 65.4 Å². The summed E-state index contributed by atoms with van der Waals surface area (Å²) >= 11 is 0. The molecular weight excluding hydrogens is 500 g/mol. The maximum absolute atomic E-state index is 10.3. The molecule has 5 aromatic carbocycles. The van der Waals surface area contributed by atoms with Crippen LogP contribution in [0.15, 0.2) is 134 Å². The number of benzene rings is 5. The third-order valence-electron chi connectivity index (χ3n) is 7.60. The summed E-state index contributed by atoms with van der Waals surface area (Å²) in [6.07, 6.45) is 3.50. The summed E-state index contributed by atoms with van der Waals surface area (Å²) in [5.41, 5.74) is 10.1. The predicted octanol–water partition coefficient (Wildman–Crippen LogP) is 8.92. The fourth-order valence-electron chi connectivity index (χ4n) is 5.72. The molecule has 2 aromatic heterocycles. The van der Waals surface area contributed by atoms with Crippen LogP contribution in [0.2, 0.25) is 0 Å². The minimum Gasteiger partial charge on any atom is -0.309 e. The fourth-order valence-corrected chi connectivity index (χ4v) is 5.72. The number of aromatic nitrogens is 2. The van der Waals surface area contributed by atoms with Crippen molar-refractivity contribution < 1.29 is 0 Å². The lowest BCUT2D eigenvalue weighted by atomic mass is 9.93. The monoisotopic (exact) mass is 522 g/mol. The van der Waals surface area contributed by atoms with Gasteiger partial charge in [-0.25, -0.2) is 0 Å². The zero-order valence-corrected chi connectivity index (χ0v) is 22.0. The maximum Gasteiger partial charge on any atom is 0.0998 e. The molecule has 0 bridgehead atoms. The molecule has 0 fully saturated rings. The molecule has 0 saturated carbocycles. The molecule has 0 aliphatic carbocycles. The van der Waals surface area contributed by atoms with E-state index in [0.717, 1.165) is 60.9 Å². The van der Waals surface area contributed by atoms with Gasteiger partial charge in [0.2, 0.25) is 0 Å². The Morgan fingerprint density at radius 3 is 1.98 bits per heavy atom. The van der Waals surface area contributed by atoms with E-state index >= 15 is 0 Å². The molecule has 4 nitrogen and oxygen atoms in total. The first-order valence-electron chi connectivity index (χ1n) is 13.3. The molecule has 0 amide bonds. The molecule has 0 spiro atoms. The number of nitriles is 2. The van der Waals surface area contributed by atoms with E-state index in [1.807, 2.05) is 72.8 Å². The summed E-state index contributed by atoms with van der Waals surface area (Å²) in [5.74, 6) is 0. The second kappa shape index (κ2) is 9.97. The SMILES string of the molecule is N#Cc1ccccc1-c1ccc2c(c1)c1ccccc1n2-c1cc(C#N)c(-c2ccncc2)cc1-c1ccccc1. The van der Waals surface area contributed by atoms with Gasteiger partial charge in [0.15, 0.2) is 0 Å². The smallest absolute Gasteiger partial charge is 0.0998 e. The van der Waals surface area contributed by atoms with Crippen LogP contribution < -0.4 is 0 Å². The van der Waals surface area contributed by atoms with Crippen molar-refractivity contribution in [3.05, 3.63) is 145 Å². The van der Waals surface area contributed by atoms with Crippen molar-refractivity contribution in [3.63, 3.8) is 0 Å². The number of hydrogen-bond acceptors (Lipinski definition) is 3. The second-order valence-electron chi connectivity index (χ2n) is 9.87. The van der Waals surface area contributed by atoms with Gasteiger partial charge in [-0.1, -0.05) is 72.8 Å². The van der Waals surface area contributed by atoms with Crippen LogP contribution >= 0.6 is 0 Å². The van der Waals surface area contributed by atoms with Crippen LogP contribution in [-0.4, -0.2) is 9.55 Å². The van der Waals surface area contributed by atoms with E-state index < -0.39 is 0 Å². The van der Waals surface area contributed by atoms with Crippen LogP contribution in [0.3, 0.4) is 0 Å². The summed E-state index contributed by atoms with van der Waals surface area (Å²) in [4.78, 5) is 4.17. The Morgan fingerprint density at radius 1 is 0.488 bits per heavy atom. The number of pyridine rings is 1. The molecule has 7 rings (SSSR count). The zero-order chi connectivity index (χ0) is 27.8. The van der Waals surface area contributed by atoms with Gasteiger partial charge < -0.3 is 4.57 Å². The lowest BCUT2D eigenvalue weighted by molar-refractivity contribution is 1.18. The van der Waals surface area contributed by atoms with Crippen LogP contribution in [0.25, 0.3) is 60.9 Å². The molecule has 0 aliphatic heterocycles.